The quantitative estimate of drug-likeness (QED) is 0.292. The third-order valence-corrected chi connectivity index (χ3v) is 7.90. The summed E-state index contributed by atoms with van der Waals surface area (Å²) in [6.07, 6.45) is 0.977. The highest BCUT2D eigenvalue weighted by Crippen LogP contribution is 2.46. The van der Waals surface area contributed by atoms with Crippen molar-refractivity contribution in [1.82, 2.24) is 20.4 Å². The summed E-state index contributed by atoms with van der Waals surface area (Å²) in [5, 5.41) is 7.59. The van der Waals surface area contributed by atoms with Crippen LogP contribution in [0.4, 0.5) is 17.6 Å². The fourth-order valence-electron chi connectivity index (χ4n) is 5.85. The SMILES string of the molecule is Fc1ccccc1C1(c2noc(CNCCN3CCC(c4cccc(C(F)(F)F)c4)CC3)n2)CCCC1. The number of halogens is 4. The van der Waals surface area contributed by atoms with E-state index in [2.05, 4.69) is 20.4 Å². The van der Waals surface area contributed by atoms with Crippen LogP contribution in [0.3, 0.4) is 0 Å². The van der Waals surface area contributed by atoms with Gasteiger partial charge in [-0.1, -0.05) is 54.4 Å². The van der Waals surface area contributed by atoms with Crippen molar-refractivity contribution in [3.8, 4) is 0 Å². The second kappa shape index (κ2) is 10.9. The maximum atomic E-state index is 14.6. The van der Waals surface area contributed by atoms with Crippen molar-refractivity contribution in [1.29, 1.82) is 0 Å². The third kappa shape index (κ3) is 5.72. The van der Waals surface area contributed by atoms with Crippen LogP contribution in [-0.2, 0) is 18.1 Å². The Kier molecular flexibility index (Phi) is 7.62. The van der Waals surface area contributed by atoms with Crippen molar-refractivity contribution in [2.24, 2.45) is 0 Å². The Morgan fingerprint density at radius 1 is 1.03 bits per heavy atom. The van der Waals surface area contributed by atoms with Gasteiger partial charge in [0.25, 0.3) is 0 Å². The van der Waals surface area contributed by atoms with Crippen molar-refractivity contribution >= 4 is 0 Å². The second-order valence-electron chi connectivity index (χ2n) is 10.2. The molecule has 1 saturated heterocycles. The van der Waals surface area contributed by atoms with E-state index in [9.17, 15) is 17.6 Å². The summed E-state index contributed by atoms with van der Waals surface area (Å²) in [6.45, 7) is 3.68. The molecule has 1 aliphatic heterocycles. The zero-order valence-electron chi connectivity index (χ0n) is 20.7. The predicted molar refractivity (Wildman–Crippen MR) is 132 cm³/mol. The van der Waals surface area contributed by atoms with Crippen LogP contribution in [-0.4, -0.2) is 41.2 Å². The first-order valence-electron chi connectivity index (χ1n) is 13.0. The van der Waals surface area contributed by atoms with Crippen LogP contribution in [0, 0.1) is 5.82 Å². The number of nitrogens with zero attached hydrogens (tertiary/aromatic N) is 3. The fraction of sp³-hybridized carbons (Fsp3) is 0.500. The smallest absolute Gasteiger partial charge is 0.338 e. The zero-order chi connectivity index (χ0) is 25.9. The molecule has 1 aliphatic carbocycles. The summed E-state index contributed by atoms with van der Waals surface area (Å²) < 4.78 is 59.3. The summed E-state index contributed by atoms with van der Waals surface area (Å²) in [7, 11) is 0. The number of benzene rings is 2. The molecule has 0 atom stereocenters. The van der Waals surface area contributed by atoms with Crippen LogP contribution >= 0.6 is 0 Å². The molecule has 0 radical (unpaired) electrons. The van der Waals surface area contributed by atoms with E-state index in [4.69, 9.17) is 4.52 Å². The lowest BCUT2D eigenvalue weighted by atomic mass is 9.78. The third-order valence-electron chi connectivity index (χ3n) is 7.90. The Morgan fingerprint density at radius 3 is 2.51 bits per heavy atom. The molecule has 198 valence electrons. The number of aromatic nitrogens is 2. The van der Waals surface area contributed by atoms with Gasteiger partial charge in [0.2, 0.25) is 5.89 Å². The van der Waals surface area contributed by atoms with E-state index in [-0.39, 0.29) is 11.7 Å². The van der Waals surface area contributed by atoms with Crippen molar-refractivity contribution in [3.63, 3.8) is 0 Å². The van der Waals surface area contributed by atoms with Crippen LogP contribution < -0.4 is 5.32 Å². The van der Waals surface area contributed by atoms with E-state index >= 15 is 0 Å². The molecule has 9 heteroatoms. The molecule has 2 aliphatic rings. The number of rotatable bonds is 8. The maximum Gasteiger partial charge on any atom is 0.416 e. The summed E-state index contributed by atoms with van der Waals surface area (Å²) in [5.74, 6) is 0.968. The number of piperidine rings is 1. The van der Waals surface area contributed by atoms with Gasteiger partial charge in [-0.3, -0.25) is 0 Å². The molecule has 2 fully saturated rings. The Balaban J connectivity index is 1.10. The average Bonchev–Trinajstić information content (AvgIpc) is 3.58. The highest BCUT2D eigenvalue weighted by Gasteiger charge is 2.43. The minimum absolute atomic E-state index is 0.153. The lowest BCUT2D eigenvalue weighted by molar-refractivity contribution is -0.137. The van der Waals surface area contributed by atoms with Crippen molar-refractivity contribution < 1.29 is 22.1 Å². The number of alkyl halides is 3. The Hall–Kier alpha value is -2.78. The van der Waals surface area contributed by atoms with Crippen molar-refractivity contribution in [2.75, 3.05) is 26.2 Å². The highest BCUT2D eigenvalue weighted by molar-refractivity contribution is 5.35. The molecule has 2 aromatic carbocycles. The van der Waals surface area contributed by atoms with Gasteiger partial charge in [0, 0.05) is 18.7 Å². The first-order chi connectivity index (χ1) is 17.8. The predicted octanol–water partition coefficient (Wildman–Crippen LogP) is 6.06. The van der Waals surface area contributed by atoms with Gasteiger partial charge >= 0.3 is 6.18 Å². The van der Waals surface area contributed by atoms with E-state index in [1.54, 1.807) is 12.1 Å². The minimum atomic E-state index is -4.31. The molecule has 0 spiro atoms. The molecule has 0 bridgehead atoms. The Morgan fingerprint density at radius 2 is 1.78 bits per heavy atom. The molecule has 0 amide bonds. The molecule has 5 nitrogen and oxygen atoms in total. The highest BCUT2D eigenvalue weighted by atomic mass is 19.4. The van der Waals surface area contributed by atoms with Gasteiger partial charge in [-0.25, -0.2) is 4.39 Å². The van der Waals surface area contributed by atoms with Crippen LogP contribution in [0.15, 0.2) is 53.1 Å². The molecule has 5 rings (SSSR count). The summed E-state index contributed by atoms with van der Waals surface area (Å²) in [4.78, 5) is 6.95. The molecule has 3 aromatic rings. The fourth-order valence-corrected chi connectivity index (χ4v) is 5.85. The van der Waals surface area contributed by atoms with E-state index in [1.807, 2.05) is 12.1 Å². The first-order valence-corrected chi connectivity index (χ1v) is 13.0. The average molecular weight is 517 g/mol. The molecular weight excluding hydrogens is 484 g/mol. The van der Waals surface area contributed by atoms with Gasteiger partial charge in [-0.15, -0.1) is 0 Å². The molecule has 1 aromatic heterocycles. The largest absolute Gasteiger partial charge is 0.416 e. The molecule has 0 unspecified atom stereocenters. The Labute approximate surface area is 214 Å². The van der Waals surface area contributed by atoms with Gasteiger partial charge in [0.05, 0.1) is 17.5 Å². The summed E-state index contributed by atoms with van der Waals surface area (Å²) >= 11 is 0. The topological polar surface area (TPSA) is 54.2 Å². The normalized spacial score (nSPS) is 18.9. The van der Waals surface area contributed by atoms with Gasteiger partial charge < -0.3 is 14.7 Å². The van der Waals surface area contributed by atoms with Gasteiger partial charge in [-0.05, 0) is 62.4 Å². The lowest BCUT2D eigenvalue weighted by Crippen LogP contribution is -2.37. The molecule has 1 N–H and O–H groups in total. The van der Waals surface area contributed by atoms with Gasteiger partial charge in [0.1, 0.15) is 5.82 Å². The van der Waals surface area contributed by atoms with E-state index in [0.717, 1.165) is 76.3 Å². The van der Waals surface area contributed by atoms with E-state index in [1.165, 1.54) is 18.2 Å². The molecule has 1 saturated carbocycles. The number of nitrogens with one attached hydrogen (secondary N) is 1. The number of hydrogen-bond donors (Lipinski definition) is 1. The molecular formula is C28H32F4N4O. The summed E-state index contributed by atoms with van der Waals surface area (Å²) in [5.41, 5.74) is 0.307. The number of hydrogen-bond acceptors (Lipinski definition) is 5. The van der Waals surface area contributed by atoms with E-state index < -0.39 is 17.2 Å². The van der Waals surface area contributed by atoms with Crippen LogP contribution in [0.25, 0.3) is 0 Å². The minimum Gasteiger partial charge on any atom is -0.338 e. The van der Waals surface area contributed by atoms with Crippen molar-refractivity contribution in [2.45, 2.75) is 62.6 Å². The monoisotopic (exact) mass is 516 g/mol. The first kappa shape index (κ1) is 25.9. The van der Waals surface area contributed by atoms with Crippen molar-refractivity contribution in [3.05, 3.63) is 82.8 Å². The summed E-state index contributed by atoms with van der Waals surface area (Å²) in [6, 6.07) is 12.6. The van der Waals surface area contributed by atoms with Crippen LogP contribution in [0.1, 0.15) is 72.8 Å². The number of likely N-dealkylation sites (tertiary alicyclic amines) is 1. The molecule has 2 heterocycles. The maximum absolute atomic E-state index is 14.6. The second-order valence-corrected chi connectivity index (χ2v) is 10.2. The van der Waals surface area contributed by atoms with Gasteiger partial charge in [0.15, 0.2) is 5.82 Å². The van der Waals surface area contributed by atoms with Crippen LogP contribution in [0.5, 0.6) is 0 Å². The van der Waals surface area contributed by atoms with E-state index in [0.29, 0.717) is 23.8 Å². The lowest BCUT2D eigenvalue weighted by Gasteiger charge is -2.32. The van der Waals surface area contributed by atoms with Crippen LogP contribution in [0.2, 0.25) is 0 Å². The molecule has 37 heavy (non-hydrogen) atoms. The zero-order valence-corrected chi connectivity index (χ0v) is 20.7. The standard InChI is InChI=1S/C28H32F4N4O/c29-24-9-2-1-8-23(24)27(12-3-4-13-27)26-34-25(37-35-26)19-33-14-17-36-15-10-20(11-16-36)21-6-5-7-22(18-21)28(30,31)32/h1-2,5-9,18,20,33H,3-4,10-17,19H2. The Bertz CT molecular complexity index is 1180. The van der Waals surface area contributed by atoms with Gasteiger partial charge in [-0.2, -0.15) is 18.2 Å².